The van der Waals surface area contributed by atoms with Gasteiger partial charge in [0.15, 0.2) is 6.10 Å². The van der Waals surface area contributed by atoms with Crippen molar-refractivity contribution in [2.75, 3.05) is 47.5 Å². The van der Waals surface area contributed by atoms with Gasteiger partial charge in [-0.15, -0.1) is 0 Å². The number of hydrogen-bond donors (Lipinski definition) is 0. The third kappa shape index (κ3) is 84.1. The topological polar surface area (TPSA) is 111 Å². The summed E-state index contributed by atoms with van der Waals surface area (Å²) < 4.78 is 34.5. The molecule has 0 aliphatic carbocycles. The van der Waals surface area contributed by atoms with Crippen LogP contribution in [0.3, 0.4) is 0 Å². The number of carbonyl (C=O) groups is 2. The van der Waals surface area contributed by atoms with Gasteiger partial charge in [0, 0.05) is 12.8 Å². The van der Waals surface area contributed by atoms with Gasteiger partial charge in [-0.1, -0.05) is 426 Å². The van der Waals surface area contributed by atoms with Crippen molar-refractivity contribution in [2.24, 2.45) is 0 Å². The lowest BCUT2D eigenvalue weighted by molar-refractivity contribution is -0.870. The van der Waals surface area contributed by atoms with Gasteiger partial charge in [-0.2, -0.15) is 0 Å². The van der Waals surface area contributed by atoms with Crippen molar-refractivity contribution < 1.29 is 42.1 Å². The minimum atomic E-state index is -4.65. The van der Waals surface area contributed by atoms with Crippen molar-refractivity contribution >= 4 is 19.8 Å². The normalized spacial score (nSPS) is 13.4. The van der Waals surface area contributed by atoms with Crippen molar-refractivity contribution in [1.29, 1.82) is 0 Å². The van der Waals surface area contributed by atoms with Gasteiger partial charge < -0.3 is 27.9 Å². The number of hydrogen-bond acceptors (Lipinski definition) is 8. The van der Waals surface area contributed by atoms with Crippen molar-refractivity contribution in [3.8, 4) is 0 Å². The fraction of sp³-hybridized carbons (Fsp3) is 0.822. The highest BCUT2D eigenvalue weighted by molar-refractivity contribution is 7.45. The Kier molecular flexibility index (Phi) is 78.0. The maximum Gasteiger partial charge on any atom is 0.306 e. The van der Waals surface area contributed by atoms with Gasteiger partial charge in [0.1, 0.15) is 19.8 Å². The van der Waals surface area contributed by atoms with Gasteiger partial charge in [-0.25, -0.2) is 0 Å². The molecule has 10 heteroatoms. The Bertz CT molecular complexity index is 1970. The number of phosphoric acid groups is 1. The number of rotatable bonds is 81. The van der Waals surface area contributed by atoms with Crippen LogP contribution in [0.2, 0.25) is 0 Å². The SMILES string of the molecule is CC/C=C\C/C=C\C/C=C\C/C=C\C/C=C\C/C=C\C/C=C\CCCCCCCCCCCCCCCC(=O)OC(COC(=O)CCCCCCCCCCCCCCCCCCCCCCCCCCCCCCCCCCCCCCCCCCC)COP(=O)([O-])OCC[N+](C)(C)C. The lowest BCUT2D eigenvalue weighted by Gasteiger charge is -2.28. The highest BCUT2D eigenvalue weighted by Crippen LogP contribution is 2.38. The summed E-state index contributed by atoms with van der Waals surface area (Å²) in [6.07, 6.45) is 112. The van der Waals surface area contributed by atoms with E-state index in [2.05, 4.69) is 98.9 Å². The number of quaternary nitrogens is 1. The first-order chi connectivity index (χ1) is 49.0. The van der Waals surface area contributed by atoms with Gasteiger partial charge >= 0.3 is 11.9 Å². The van der Waals surface area contributed by atoms with E-state index in [0.717, 1.165) is 83.5 Å². The van der Waals surface area contributed by atoms with E-state index in [4.69, 9.17) is 18.5 Å². The van der Waals surface area contributed by atoms with Crippen molar-refractivity contribution in [3.63, 3.8) is 0 Å². The Balaban J connectivity index is 3.89. The molecule has 0 saturated carbocycles. The molecule has 0 aromatic carbocycles. The molecular formula is C90H166NO8P. The van der Waals surface area contributed by atoms with Gasteiger partial charge in [0.05, 0.1) is 27.7 Å². The lowest BCUT2D eigenvalue weighted by Crippen LogP contribution is -2.37. The fourth-order valence-corrected chi connectivity index (χ4v) is 13.6. The minimum Gasteiger partial charge on any atom is -0.756 e. The van der Waals surface area contributed by atoms with E-state index in [1.807, 2.05) is 21.1 Å². The van der Waals surface area contributed by atoms with Gasteiger partial charge in [0.25, 0.3) is 7.82 Å². The third-order valence-electron chi connectivity index (χ3n) is 19.4. The van der Waals surface area contributed by atoms with E-state index in [9.17, 15) is 19.0 Å². The molecule has 0 amide bonds. The number of nitrogens with zero attached hydrogens (tertiary/aromatic N) is 1. The van der Waals surface area contributed by atoms with E-state index in [0.29, 0.717) is 17.4 Å². The zero-order chi connectivity index (χ0) is 72.5. The Labute approximate surface area is 621 Å². The molecule has 0 aliphatic rings. The second kappa shape index (κ2) is 80.3. The second-order valence-electron chi connectivity index (χ2n) is 30.5. The molecule has 584 valence electrons. The summed E-state index contributed by atoms with van der Waals surface area (Å²) in [6.45, 7) is 4.19. The summed E-state index contributed by atoms with van der Waals surface area (Å²) >= 11 is 0. The predicted molar refractivity (Wildman–Crippen MR) is 434 cm³/mol. The standard InChI is InChI=1S/C90H166NO8P/c1-6-8-10-12-14-16-18-20-22-24-26-28-30-32-34-36-38-40-42-43-44-45-46-47-49-50-52-54-56-58-60-62-64-66-68-70-72-74-76-78-80-82-89(92)96-86-88(87-98-100(94,95)97-85-84-91(3,4)5)99-90(93)83-81-79-77-75-73-71-69-67-65-63-61-59-57-55-53-51-48-41-39-37-35-33-31-29-27-25-23-21-19-17-15-13-11-9-7-2/h9,11,15,17,21,23,27,29,33,35,39,41,51,53,88H,6-8,10,12-14,16,18-20,22,24-26,28,30-32,34,36-38,40,42-50,52,54-87H2,1-5H3/b11-9-,17-15-,23-21-,29-27-,35-33-,41-39-,53-51-. The number of phosphoric ester groups is 1. The highest BCUT2D eigenvalue weighted by Gasteiger charge is 2.22. The van der Waals surface area contributed by atoms with Crippen LogP contribution in [0.25, 0.3) is 0 Å². The van der Waals surface area contributed by atoms with Crippen molar-refractivity contribution in [3.05, 3.63) is 85.1 Å². The maximum atomic E-state index is 12.9. The molecule has 0 rings (SSSR count). The Morgan fingerprint density at radius 3 is 0.850 bits per heavy atom. The number of allylic oxidation sites excluding steroid dienone is 14. The predicted octanol–water partition coefficient (Wildman–Crippen LogP) is 28.5. The molecule has 0 aromatic heterocycles. The van der Waals surface area contributed by atoms with Crippen LogP contribution in [-0.4, -0.2) is 70.0 Å². The zero-order valence-corrected chi connectivity index (χ0v) is 67.8. The zero-order valence-electron chi connectivity index (χ0n) is 66.9. The molecule has 0 fully saturated rings. The van der Waals surface area contributed by atoms with Crippen LogP contribution in [0.15, 0.2) is 85.1 Å². The molecule has 100 heavy (non-hydrogen) atoms. The maximum absolute atomic E-state index is 12.9. The number of esters is 2. The summed E-state index contributed by atoms with van der Waals surface area (Å²) in [5.41, 5.74) is 0. The third-order valence-corrected chi connectivity index (χ3v) is 20.4. The summed E-state index contributed by atoms with van der Waals surface area (Å²) in [5, 5.41) is 0. The van der Waals surface area contributed by atoms with Crippen LogP contribution in [0, 0.1) is 0 Å². The molecule has 0 saturated heterocycles. The van der Waals surface area contributed by atoms with Crippen molar-refractivity contribution in [1.82, 2.24) is 0 Å². The van der Waals surface area contributed by atoms with E-state index >= 15 is 0 Å². The molecule has 0 bridgehead atoms. The van der Waals surface area contributed by atoms with E-state index < -0.39 is 26.5 Å². The summed E-state index contributed by atoms with van der Waals surface area (Å²) in [5.74, 6) is -0.817. The van der Waals surface area contributed by atoms with Crippen LogP contribution >= 0.6 is 7.82 Å². The van der Waals surface area contributed by atoms with Crippen LogP contribution in [0.1, 0.15) is 425 Å². The van der Waals surface area contributed by atoms with Crippen LogP contribution in [-0.2, 0) is 32.7 Å². The van der Waals surface area contributed by atoms with Crippen LogP contribution in [0.5, 0.6) is 0 Å². The first-order valence-electron chi connectivity index (χ1n) is 43.3. The molecular weight excluding hydrogens is 1250 g/mol. The molecule has 0 N–H and O–H groups in total. The average molecular weight is 1420 g/mol. The lowest BCUT2D eigenvalue weighted by atomic mass is 10.0. The van der Waals surface area contributed by atoms with E-state index in [-0.39, 0.29) is 32.0 Å². The largest absolute Gasteiger partial charge is 0.756 e. The number of likely N-dealkylation sites (N-methyl/N-ethyl adjacent to an activating group) is 1. The molecule has 2 unspecified atom stereocenters. The summed E-state index contributed by atoms with van der Waals surface area (Å²) in [4.78, 5) is 38.2. The van der Waals surface area contributed by atoms with Gasteiger partial charge in [0.2, 0.25) is 0 Å². The Morgan fingerprint density at radius 1 is 0.320 bits per heavy atom. The first kappa shape index (κ1) is 97.2. The Morgan fingerprint density at radius 2 is 0.570 bits per heavy atom. The molecule has 0 aromatic rings. The highest BCUT2D eigenvalue weighted by atomic mass is 31.2. The number of ether oxygens (including phenoxy) is 2. The summed E-state index contributed by atoms with van der Waals surface area (Å²) in [7, 11) is 1.18. The minimum absolute atomic E-state index is 0.0314. The van der Waals surface area contributed by atoms with Crippen molar-refractivity contribution in [2.45, 2.75) is 431 Å². The van der Waals surface area contributed by atoms with E-state index in [1.54, 1.807) is 0 Å². The first-order valence-corrected chi connectivity index (χ1v) is 44.8. The monoisotopic (exact) mass is 1420 g/mol. The second-order valence-corrected chi connectivity index (χ2v) is 31.9. The summed E-state index contributed by atoms with van der Waals surface area (Å²) in [6, 6.07) is 0. The van der Waals surface area contributed by atoms with Gasteiger partial charge in [-0.3, -0.25) is 14.2 Å². The average Bonchev–Trinajstić information content (AvgIpc) is 1.65. The number of carbonyl (C=O) groups excluding carboxylic acids is 2. The molecule has 2 atom stereocenters. The van der Waals surface area contributed by atoms with E-state index in [1.165, 1.54) is 308 Å². The van der Waals surface area contributed by atoms with Gasteiger partial charge in [-0.05, 0) is 70.6 Å². The molecule has 0 spiro atoms. The van der Waals surface area contributed by atoms with Crippen LogP contribution < -0.4 is 4.89 Å². The molecule has 0 aliphatic heterocycles. The number of unbranched alkanes of at least 4 members (excludes halogenated alkanes) is 53. The molecule has 0 heterocycles. The molecule has 9 nitrogen and oxygen atoms in total. The fourth-order valence-electron chi connectivity index (χ4n) is 12.9. The van der Waals surface area contributed by atoms with Crippen LogP contribution in [0.4, 0.5) is 0 Å². The Hall–Kier alpha value is -2.81. The molecule has 0 radical (unpaired) electrons. The smallest absolute Gasteiger partial charge is 0.306 e. The quantitative estimate of drug-likeness (QED) is 0.0195.